The van der Waals surface area contributed by atoms with Crippen LogP contribution in [0.5, 0.6) is 5.75 Å². The SMILES string of the molecule is CCNC(=O)c1ccc(N)cc1OCCN1CCCCC1. The first kappa shape index (κ1) is 15.6. The quantitative estimate of drug-likeness (QED) is 0.785. The molecular weight excluding hydrogens is 266 g/mol. The van der Waals surface area contributed by atoms with Crippen LogP contribution in [0.3, 0.4) is 0 Å². The number of likely N-dealkylation sites (tertiary alicyclic amines) is 1. The molecule has 1 aliphatic heterocycles. The summed E-state index contributed by atoms with van der Waals surface area (Å²) < 4.78 is 5.81. The Morgan fingerprint density at radius 3 is 2.81 bits per heavy atom. The minimum absolute atomic E-state index is 0.120. The number of nitrogens with one attached hydrogen (secondary N) is 1. The fourth-order valence-electron chi connectivity index (χ4n) is 2.57. The Hall–Kier alpha value is -1.75. The molecule has 5 heteroatoms. The van der Waals surface area contributed by atoms with Crippen molar-refractivity contribution in [3.05, 3.63) is 23.8 Å². The standard InChI is InChI=1S/C16H25N3O2/c1-2-18-16(20)14-7-6-13(17)12-15(14)21-11-10-19-8-4-3-5-9-19/h6-7,12H,2-5,8-11,17H2,1H3,(H,18,20). The van der Waals surface area contributed by atoms with Crippen LogP contribution in [-0.2, 0) is 0 Å². The Morgan fingerprint density at radius 1 is 1.33 bits per heavy atom. The number of nitrogens with two attached hydrogens (primary N) is 1. The van der Waals surface area contributed by atoms with Crippen LogP contribution >= 0.6 is 0 Å². The van der Waals surface area contributed by atoms with Gasteiger partial charge in [0.2, 0.25) is 0 Å². The molecule has 1 heterocycles. The van der Waals surface area contributed by atoms with Crippen molar-refractivity contribution in [3.8, 4) is 5.75 Å². The van der Waals surface area contributed by atoms with E-state index in [9.17, 15) is 4.79 Å². The normalized spacial score (nSPS) is 15.7. The van der Waals surface area contributed by atoms with E-state index >= 15 is 0 Å². The molecule has 0 aliphatic carbocycles. The minimum Gasteiger partial charge on any atom is -0.491 e. The molecular formula is C16H25N3O2. The van der Waals surface area contributed by atoms with Crippen molar-refractivity contribution in [1.82, 2.24) is 10.2 Å². The molecule has 21 heavy (non-hydrogen) atoms. The first-order chi connectivity index (χ1) is 10.2. The maximum atomic E-state index is 12.0. The molecule has 0 radical (unpaired) electrons. The molecule has 0 aromatic heterocycles. The molecule has 3 N–H and O–H groups in total. The van der Waals surface area contributed by atoms with E-state index in [1.54, 1.807) is 18.2 Å². The second-order valence-corrected chi connectivity index (χ2v) is 5.37. The van der Waals surface area contributed by atoms with Crippen molar-refractivity contribution in [1.29, 1.82) is 0 Å². The van der Waals surface area contributed by atoms with Gasteiger partial charge in [-0.25, -0.2) is 0 Å². The van der Waals surface area contributed by atoms with Crippen LogP contribution in [0.2, 0.25) is 0 Å². The van der Waals surface area contributed by atoms with E-state index in [2.05, 4.69) is 10.2 Å². The zero-order valence-electron chi connectivity index (χ0n) is 12.7. The average molecular weight is 291 g/mol. The second kappa shape index (κ2) is 7.88. The van der Waals surface area contributed by atoms with Gasteiger partial charge < -0.3 is 15.8 Å². The van der Waals surface area contributed by atoms with Crippen LogP contribution in [0.4, 0.5) is 5.69 Å². The maximum absolute atomic E-state index is 12.0. The highest BCUT2D eigenvalue weighted by Gasteiger charge is 2.14. The molecule has 5 nitrogen and oxygen atoms in total. The van der Waals surface area contributed by atoms with E-state index in [0.717, 1.165) is 19.6 Å². The number of hydrogen-bond acceptors (Lipinski definition) is 4. The summed E-state index contributed by atoms with van der Waals surface area (Å²) >= 11 is 0. The van der Waals surface area contributed by atoms with Gasteiger partial charge in [0.25, 0.3) is 5.91 Å². The maximum Gasteiger partial charge on any atom is 0.255 e. The Bertz CT molecular complexity index is 471. The van der Waals surface area contributed by atoms with Gasteiger partial charge in [-0.15, -0.1) is 0 Å². The number of ether oxygens (including phenoxy) is 1. The van der Waals surface area contributed by atoms with Gasteiger partial charge in [-0.3, -0.25) is 9.69 Å². The lowest BCUT2D eigenvalue weighted by atomic mass is 10.1. The third kappa shape index (κ3) is 4.63. The van der Waals surface area contributed by atoms with Gasteiger partial charge in [-0.05, 0) is 45.0 Å². The van der Waals surface area contributed by atoms with Crippen molar-refractivity contribution in [2.45, 2.75) is 26.2 Å². The van der Waals surface area contributed by atoms with Crippen LogP contribution in [0.15, 0.2) is 18.2 Å². The molecule has 0 saturated carbocycles. The van der Waals surface area contributed by atoms with Crippen molar-refractivity contribution < 1.29 is 9.53 Å². The molecule has 1 amide bonds. The zero-order chi connectivity index (χ0) is 15.1. The van der Waals surface area contributed by atoms with E-state index < -0.39 is 0 Å². The summed E-state index contributed by atoms with van der Waals surface area (Å²) in [5.74, 6) is 0.448. The van der Waals surface area contributed by atoms with Crippen LogP contribution in [0.25, 0.3) is 0 Å². The van der Waals surface area contributed by atoms with Gasteiger partial charge in [0.05, 0.1) is 5.56 Å². The predicted molar refractivity (Wildman–Crippen MR) is 84.6 cm³/mol. The number of carbonyl (C=O) groups is 1. The summed E-state index contributed by atoms with van der Waals surface area (Å²) in [6.07, 6.45) is 3.86. The molecule has 0 bridgehead atoms. The van der Waals surface area contributed by atoms with E-state index in [1.807, 2.05) is 6.92 Å². The number of hydrogen-bond donors (Lipinski definition) is 2. The highest BCUT2D eigenvalue weighted by molar-refractivity contribution is 5.97. The number of rotatable bonds is 6. The van der Waals surface area contributed by atoms with Crippen LogP contribution in [-0.4, -0.2) is 43.6 Å². The summed E-state index contributed by atoms with van der Waals surface area (Å²) in [5, 5.41) is 2.79. The largest absolute Gasteiger partial charge is 0.491 e. The molecule has 1 aliphatic rings. The van der Waals surface area contributed by atoms with Crippen molar-refractivity contribution in [3.63, 3.8) is 0 Å². The van der Waals surface area contributed by atoms with E-state index in [-0.39, 0.29) is 5.91 Å². The van der Waals surface area contributed by atoms with E-state index in [4.69, 9.17) is 10.5 Å². The zero-order valence-corrected chi connectivity index (χ0v) is 12.7. The Labute approximate surface area is 126 Å². The summed E-state index contributed by atoms with van der Waals surface area (Å²) in [4.78, 5) is 14.4. The van der Waals surface area contributed by atoms with Crippen LogP contribution in [0.1, 0.15) is 36.5 Å². The lowest BCUT2D eigenvalue weighted by molar-refractivity contribution is 0.0950. The van der Waals surface area contributed by atoms with Crippen LogP contribution in [0, 0.1) is 0 Å². The first-order valence-corrected chi connectivity index (χ1v) is 7.73. The van der Waals surface area contributed by atoms with Crippen molar-refractivity contribution in [2.24, 2.45) is 0 Å². The van der Waals surface area contributed by atoms with Crippen LogP contribution < -0.4 is 15.8 Å². The van der Waals surface area contributed by atoms with Gasteiger partial charge >= 0.3 is 0 Å². The van der Waals surface area contributed by atoms with Gasteiger partial charge in [0.1, 0.15) is 12.4 Å². The fourth-order valence-corrected chi connectivity index (χ4v) is 2.57. The monoisotopic (exact) mass is 291 g/mol. The molecule has 1 saturated heterocycles. The second-order valence-electron chi connectivity index (χ2n) is 5.37. The van der Waals surface area contributed by atoms with Gasteiger partial charge in [0, 0.05) is 24.8 Å². The lowest BCUT2D eigenvalue weighted by Gasteiger charge is -2.26. The summed E-state index contributed by atoms with van der Waals surface area (Å²) in [5.41, 5.74) is 6.95. The summed E-state index contributed by atoms with van der Waals surface area (Å²) in [6.45, 7) is 6.24. The minimum atomic E-state index is -0.120. The topological polar surface area (TPSA) is 67.6 Å². The molecule has 1 aromatic carbocycles. The molecule has 0 unspecified atom stereocenters. The number of nitrogens with zero attached hydrogens (tertiary/aromatic N) is 1. The average Bonchev–Trinajstić information content (AvgIpc) is 2.49. The smallest absolute Gasteiger partial charge is 0.255 e. The highest BCUT2D eigenvalue weighted by Crippen LogP contribution is 2.22. The third-order valence-corrected chi connectivity index (χ3v) is 3.70. The summed E-state index contributed by atoms with van der Waals surface area (Å²) in [6, 6.07) is 5.17. The molecule has 0 atom stereocenters. The van der Waals surface area contributed by atoms with Crippen molar-refractivity contribution in [2.75, 3.05) is 38.5 Å². The van der Waals surface area contributed by atoms with Gasteiger partial charge in [-0.1, -0.05) is 6.42 Å². The molecule has 0 spiro atoms. The Kier molecular flexibility index (Phi) is 5.87. The number of amides is 1. The number of benzene rings is 1. The molecule has 116 valence electrons. The summed E-state index contributed by atoms with van der Waals surface area (Å²) in [7, 11) is 0. The predicted octanol–water partition coefficient (Wildman–Crippen LogP) is 1.88. The Morgan fingerprint density at radius 2 is 2.10 bits per heavy atom. The van der Waals surface area contributed by atoms with Gasteiger partial charge in [-0.2, -0.15) is 0 Å². The van der Waals surface area contributed by atoms with Crippen molar-refractivity contribution >= 4 is 11.6 Å². The van der Waals surface area contributed by atoms with Gasteiger partial charge in [0.15, 0.2) is 0 Å². The first-order valence-electron chi connectivity index (χ1n) is 7.73. The number of piperidine rings is 1. The number of anilines is 1. The highest BCUT2D eigenvalue weighted by atomic mass is 16.5. The van der Waals surface area contributed by atoms with E-state index in [1.165, 1.54) is 19.3 Å². The number of carbonyl (C=O) groups excluding carboxylic acids is 1. The lowest BCUT2D eigenvalue weighted by Crippen LogP contribution is -2.33. The molecule has 2 rings (SSSR count). The molecule has 1 fully saturated rings. The van der Waals surface area contributed by atoms with E-state index in [0.29, 0.717) is 30.2 Å². The number of nitrogen functional groups attached to an aromatic ring is 1. The third-order valence-electron chi connectivity index (χ3n) is 3.70. The molecule has 1 aromatic rings. The fraction of sp³-hybridized carbons (Fsp3) is 0.562. The Balaban J connectivity index is 1.94.